The van der Waals surface area contributed by atoms with Crippen LogP contribution in [0.1, 0.15) is 12.0 Å². The van der Waals surface area contributed by atoms with Gasteiger partial charge in [0.15, 0.2) is 0 Å². The van der Waals surface area contributed by atoms with Crippen molar-refractivity contribution in [1.82, 2.24) is 4.31 Å². The minimum Gasteiger partial charge on any atom is -0.481 e. The number of carbonyl (C=O) groups is 1. The predicted octanol–water partition coefficient (Wildman–Crippen LogP) is 1.69. The number of benzene rings is 1. The Bertz CT molecular complexity index is 570. The zero-order valence-corrected chi connectivity index (χ0v) is 12.5. The Balaban J connectivity index is 2.07. The number of carboxylic acid groups (broad SMARTS) is 1. The van der Waals surface area contributed by atoms with Crippen molar-refractivity contribution in [3.05, 3.63) is 34.3 Å². The number of rotatable bonds is 4. The first-order valence-electron chi connectivity index (χ1n) is 5.83. The van der Waals surface area contributed by atoms with Crippen molar-refractivity contribution >= 4 is 31.9 Å². The van der Waals surface area contributed by atoms with Crippen molar-refractivity contribution in [2.45, 2.75) is 12.2 Å². The van der Waals surface area contributed by atoms with E-state index in [9.17, 15) is 13.2 Å². The first-order valence-corrected chi connectivity index (χ1v) is 8.24. The molecule has 1 unspecified atom stereocenters. The molecule has 1 aromatic carbocycles. The Kier molecular flexibility index (Phi) is 4.27. The van der Waals surface area contributed by atoms with Crippen LogP contribution in [0, 0.1) is 5.92 Å². The monoisotopic (exact) mass is 347 g/mol. The highest BCUT2D eigenvalue weighted by Gasteiger charge is 2.34. The lowest BCUT2D eigenvalue weighted by atomic mass is 10.1. The summed E-state index contributed by atoms with van der Waals surface area (Å²) in [5.74, 6) is -1.60. The summed E-state index contributed by atoms with van der Waals surface area (Å²) in [7, 11) is -3.44. The Morgan fingerprint density at radius 3 is 2.53 bits per heavy atom. The van der Waals surface area contributed by atoms with Crippen molar-refractivity contribution in [2.24, 2.45) is 5.92 Å². The molecule has 104 valence electrons. The zero-order valence-electron chi connectivity index (χ0n) is 10.1. The van der Waals surface area contributed by atoms with Gasteiger partial charge in [0.25, 0.3) is 0 Å². The van der Waals surface area contributed by atoms with Gasteiger partial charge in [0, 0.05) is 17.6 Å². The molecular weight excluding hydrogens is 334 g/mol. The second-order valence-corrected chi connectivity index (χ2v) is 7.45. The summed E-state index contributed by atoms with van der Waals surface area (Å²) in [5, 5.41) is 8.89. The van der Waals surface area contributed by atoms with Crippen LogP contribution in [0.15, 0.2) is 28.7 Å². The van der Waals surface area contributed by atoms with Gasteiger partial charge in [0.1, 0.15) is 0 Å². The van der Waals surface area contributed by atoms with Crippen LogP contribution < -0.4 is 0 Å². The van der Waals surface area contributed by atoms with E-state index in [0.29, 0.717) is 12.0 Å². The summed E-state index contributed by atoms with van der Waals surface area (Å²) in [6.45, 7) is 0.365. The number of carboxylic acids is 1. The summed E-state index contributed by atoms with van der Waals surface area (Å²) >= 11 is 3.29. The van der Waals surface area contributed by atoms with E-state index in [0.717, 1.165) is 4.47 Å². The van der Waals surface area contributed by atoms with Crippen LogP contribution in [-0.4, -0.2) is 36.9 Å². The SMILES string of the molecule is O=C(O)C1CCN(S(=O)(=O)Cc2ccc(Br)cc2)C1. The van der Waals surface area contributed by atoms with Gasteiger partial charge in [-0.15, -0.1) is 0 Å². The molecule has 1 aliphatic rings. The average Bonchev–Trinajstić information content (AvgIpc) is 2.82. The molecule has 5 nitrogen and oxygen atoms in total. The molecule has 19 heavy (non-hydrogen) atoms. The van der Waals surface area contributed by atoms with E-state index in [2.05, 4.69) is 15.9 Å². The lowest BCUT2D eigenvalue weighted by Crippen LogP contribution is -2.31. The van der Waals surface area contributed by atoms with Crippen molar-refractivity contribution in [1.29, 1.82) is 0 Å². The molecule has 0 bridgehead atoms. The molecule has 0 amide bonds. The van der Waals surface area contributed by atoms with Crippen LogP contribution in [0.25, 0.3) is 0 Å². The fourth-order valence-corrected chi connectivity index (χ4v) is 3.92. The molecular formula is C12H14BrNO4S. The minimum atomic E-state index is -3.44. The van der Waals surface area contributed by atoms with Gasteiger partial charge in [-0.3, -0.25) is 4.79 Å². The Labute approximate surface area is 120 Å². The van der Waals surface area contributed by atoms with E-state index < -0.39 is 21.9 Å². The van der Waals surface area contributed by atoms with Crippen LogP contribution >= 0.6 is 15.9 Å². The second-order valence-electron chi connectivity index (χ2n) is 4.56. The van der Waals surface area contributed by atoms with Gasteiger partial charge < -0.3 is 5.11 Å². The summed E-state index contributed by atoms with van der Waals surface area (Å²) in [4.78, 5) is 10.8. The van der Waals surface area contributed by atoms with E-state index in [1.54, 1.807) is 24.3 Å². The number of halogens is 1. The van der Waals surface area contributed by atoms with Gasteiger partial charge in [-0.1, -0.05) is 28.1 Å². The highest BCUT2D eigenvalue weighted by molar-refractivity contribution is 9.10. The van der Waals surface area contributed by atoms with Crippen molar-refractivity contribution in [2.75, 3.05) is 13.1 Å². The first-order chi connectivity index (χ1) is 8.88. The van der Waals surface area contributed by atoms with Crippen LogP contribution in [-0.2, 0) is 20.6 Å². The lowest BCUT2D eigenvalue weighted by molar-refractivity contribution is -0.141. The van der Waals surface area contributed by atoms with Crippen LogP contribution in [0.3, 0.4) is 0 Å². The topological polar surface area (TPSA) is 74.7 Å². The molecule has 0 aromatic heterocycles. The van der Waals surface area contributed by atoms with Gasteiger partial charge in [-0.05, 0) is 24.1 Å². The second kappa shape index (κ2) is 5.60. The van der Waals surface area contributed by atoms with Crippen LogP contribution in [0.2, 0.25) is 0 Å². The minimum absolute atomic E-state index is 0.0776. The molecule has 0 spiro atoms. The molecule has 1 aliphatic heterocycles. The van der Waals surface area contributed by atoms with Gasteiger partial charge in [0.05, 0.1) is 11.7 Å². The molecule has 1 aromatic rings. The number of sulfonamides is 1. The zero-order chi connectivity index (χ0) is 14.0. The number of hydrogen-bond acceptors (Lipinski definition) is 3. The highest BCUT2D eigenvalue weighted by atomic mass is 79.9. The van der Waals surface area contributed by atoms with Gasteiger partial charge in [-0.25, -0.2) is 12.7 Å². The van der Waals surface area contributed by atoms with E-state index in [4.69, 9.17) is 5.11 Å². The van der Waals surface area contributed by atoms with Crippen LogP contribution in [0.5, 0.6) is 0 Å². The van der Waals surface area contributed by atoms with Gasteiger partial charge >= 0.3 is 5.97 Å². The lowest BCUT2D eigenvalue weighted by Gasteiger charge is -2.15. The fourth-order valence-electron chi connectivity index (χ4n) is 2.06. The van der Waals surface area contributed by atoms with Crippen molar-refractivity contribution in [3.8, 4) is 0 Å². The molecule has 0 saturated carbocycles. The number of hydrogen-bond donors (Lipinski definition) is 1. The quantitative estimate of drug-likeness (QED) is 0.899. The molecule has 1 atom stereocenters. The molecule has 0 aliphatic carbocycles. The summed E-state index contributed by atoms with van der Waals surface area (Å²) in [6, 6.07) is 7.06. The maximum absolute atomic E-state index is 12.2. The van der Waals surface area contributed by atoms with Crippen molar-refractivity contribution in [3.63, 3.8) is 0 Å². The van der Waals surface area contributed by atoms with E-state index >= 15 is 0 Å². The van der Waals surface area contributed by atoms with E-state index in [1.165, 1.54) is 4.31 Å². The molecule has 1 saturated heterocycles. The van der Waals surface area contributed by atoms with E-state index in [1.807, 2.05) is 0 Å². The maximum Gasteiger partial charge on any atom is 0.307 e. The molecule has 1 heterocycles. The molecule has 7 heteroatoms. The standard InChI is InChI=1S/C12H14BrNO4S/c13-11-3-1-9(2-4-11)8-19(17,18)14-6-5-10(7-14)12(15)16/h1-4,10H,5-8H2,(H,15,16). The van der Waals surface area contributed by atoms with Crippen molar-refractivity contribution < 1.29 is 18.3 Å². The summed E-state index contributed by atoms with van der Waals surface area (Å²) < 4.78 is 26.5. The van der Waals surface area contributed by atoms with Gasteiger partial charge in [0.2, 0.25) is 10.0 Å². The predicted molar refractivity (Wildman–Crippen MR) is 74.1 cm³/mol. The highest BCUT2D eigenvalue weighted by Crippen LogP contribution is 2.22. The molecule has 0 radical (unpaired) electrons. The van der Waals surface area contributed by atoms with Gasteiger partial charge in [-0.2, -0.15) is 0 Å². The fraction of sp³-hybridized carbons (Fsp3) is 0.417. The Hall–Kier alpha value is -0.920. The van der Waals surface area contributed by atoms with Crippen LogP contribution in [0.4, 0.5) is 0 Å². The average molecular weight is 348 g/mol. The Morgan fingerprint density at radius 2 is 2.00 bits per heavy atom. The van der Waals surface area contributed by atoms with E-state index in [-0.39, 0.29) is 18.8 Å². The largest absolute Gasteiger partial charge is 0.481 e. The Morgan fingerprint density at radius 1 is 1.37 bits per heavy atom. The summed E-state index contributed by atoms with van der Waals surface area (Å²) in [5.41, 5.74) is 0.696. The number of aliphatic carboxylic acids is 1. The molecule has 1 fully saturated rings. The molecule has 2 rings (SSSR count). The number of nitrogens with zero attached hydrogens (tertiary/aromatic N) is 1. The third kappa shape index (κ3) is 3.55. The molecule has 1 N–H and O–H groups in total. The smallest absolute Gasteiger partial charge is 0.307 e. The third-order valence-corrected chi connectivity index (χ3v) is 5.50. The third-order valence-electron chi connectivity index (χ3n) is 3.16. The first kappa shape index (κ1) is 14.5. The maximum atomic E-state index is 12.2. The normalized spacial score (nSPS) is 20.6. The summed E-state index contributed by atoms with van der Waals surface area (Å²) in [6.07, 6.45) is 0.384.